The lowest BCUT2D eigenvalue weighted by Crippen LogP contribution is -2.16. The maximum absolute atomic E-state index is 10.9. The second-order valence-electron chi connectivity index (χ2n) is 5.47. The van der Waals surface area contributed by atoms with Gasteiger partial charge in [-0.2, -0.15) is 0 Å². The summed E-state index contributed by atoms with van der Waals surface area (Å²) in [6.07, 6.45) is 0. The van der Waals surface area contributed by atoms with E-state index in [2.05, 4.69) is 48.9 Å². The van der Waals surface area contributed by atoms with Crippen LogP contribution < -0.4 is 4.90 Å². The zero-order valence-electron chi connectivity index (χ0n) is 13.1. The zero-order valence-corrected chi connectivity index (χ0v) is 16.3. The summed E-state index contributed by atoms with van der Waals surface area (Å²) < 4.78 is 1.91. The van der Waals surface area contributed by atoms with Gasteiger partial charge in [-0.3, -0.25) is 10.1 Å². The summed E-state index contributed by atoms with van der Waals surface area (Å²) in [5, 5.41) is 10.9. The van der Waals surface area contributed by atoms with Gasteiger partial charge in [-0.15, -0.1) is 0 Å². The van der Waals surface area contributed by atoms with Crippen molar-refractivity contribution in [2.24, 2.45) is 0 Å². The SMILES string of the molecule is O=[N+]([O-])c1ccc(N(Cc2ccccc2)c2cc(Br)cc(Br)c2)cc1. The highest BCUT2D eigenvalue weighted by atomic mass is 79.9. The topological polar surface area (TPSA) is 46.4 Å². The molecule has 0 radical (unpaired) electrons. The third-order valence-electron chi connectivity index (χ3n) is 3.71. The Kier molecular flexibility index (Phi) is 5.50. The highest BCUT2D eigenvalue weighted by Gasteiger charge is 2.13. The smallest absolute Gasteiger partial charge is 0.269 e. The van der Waals surface area contributed by atoms with Crippen LogP contribution in [0.15, 0.2) is 81.7 Å². The van der Waals surface area contributed by atoms with Crippen molar-refractivity contribution in [3.05, 3.63) is 97.4 Å². The maximum Gasteiger partial charge on any atom is 0.269 e. The molecule has 0 aliphatic heterocycles. The van der Waals surface area contributed by atoms with Crippen molar-refractivity contribution in [3.8, 4) is 0 Å². The fraction of sp³-hybridized carbons (Fsp3) is 0.0526. The molecule has 0 fully saturated rings. The van der Waals surface area contributed by atoms with Gasteiger partial charge in [-0.05, 0) is 35.9 Å². The minimum atomic E-state index is -0.388. The Balaban J connectivity index is 2.03. The summed E-state index contributed by atoms with van der Waals surface area (Å²) in [7, 11) is 0. The van der Waals surface area contributed by atoms with Gasteiger partial charge in [0.25, 0.3) is 5.69 Å². The maximum atomic E-state index is 10.9. The lowest BCUT2D eigenvalue weighted by atomic mass is 10.1. The van der Waals surface area contributed by atoms with Crippen LogP contribution in [0.2, 0.25) is 0 Å². The van der Waals surface area contributed by atoms with E-state index in [1.54, 1.807) is 12.1 Å². The van der Waals surface area contributed by atoms with Gasteiger partial charge >= 0.3 is 0 Å². The van der Waals surface area contributed by atoms with Gasteiger partial charge < -0.3 is 4.90 Å². The molecule has 0 saturated carbocycles. The van der Waals surface area contributed by atoms with Crippen LogP contribution in [0, 0.1) is 10.1 Å². The summed E-state index contributed by atoms with van der Waals surface area (Å²) in [5.41, 5.74) is 3.11. The van der Waals surface area contributed by atoms with Crippen LogP contribution in [0.5, 0.6) is 0 Å². The molecule has 126 valence electrons. The van der Waals surface area contributed by atoms with Crippen molar-refractivity contribution in [1.29, 1.82) is 0 Å². The summed E-state index contributed by atoms with van der Waals surface area (Å²) in [6, 6.07) is 22.7. The van der Waals surface area contributed by atoms with Crippen LogP contribution >= 0.6 is 31.9 Å². The number of halogens is 2. The third-order valence-corrected chi connectivity index (χ3v) is 4.63. The van der Waals surface area contributed by atoms with E-state index in [9.17, 15) is 10.1 Å². The van der Waals surface area contributed by atoms with E-state index in [-0.39, 0.29) is 10.6 Å². The lowest BCUT2D eigenvalue weighted by molar-refractivity contribution is -0.384. The van der Waals surface area contributed by atoms with Gasteiger partial charge in [0.15, 0.2) is 0 Å². The molecule has 0 unspecified atom stereocenters. The monoisotopic (exact) mass is 460 g/mol. The molecule has 0 heterocycles. The molecular formula is C19H14Br2N2O2. The first-order chi connectivity index (χ1) is 12.0. The van der Waals surface area contributed by atoms with E-state index in [0.717, 1.165) is 25.9 Å². The van der Waals surface area contributed by atoms with Gasteiger partial charge in [0.2, 0.25) is 0 Å². The summed E-state index contributed by atoms with van der Waals surface area (Å²) in [4.78, 5) is 12.6. The number of anilines is 2. The molecule has 3 aromatic rings. The van der Waals surface area contributed by atoms with Gasteiger partial charge in [0.05, 0.1) is 4.92 Å². The standard InChI is InChI=1S/C19H14Br2N2O2/c20-15-10-16(21)12-19(11-15)22(13-14-4-2-1-3-5-14)17-6-8-18(9-7-17)23(24)25/h1-12H,13H2. The van der Waals surface area contributed by atoms with Crippen molar-refractivity contribution in [3.63, 3.8) is 0 Å². The van der Waals surface area contributed by atoms with Crippen molar-refractivity contribution in [2.45, 2.75) is 6.54 Å². The van der Waals surface area contributed by atoms with Crippen LogP contribution in [0.25, 0.3) is 0 Å². The predicted octanol–water partition coefficient (Wildman–Crippen LogP) is 6.46. The Morgan fingerprint density at radius 2 is 1.44 bits per heavy atom. The molecule has 0 amide bonds. The van der Waals surface area contributed by atoms with Gasteiger partial charge in [0.1, 0.15) is 0 Å². The first-order valence-electron chi connectivity index (χ1n) is 7.55. The fourth-order valence-electron chi connectivity index (χ4n) is 2.55. The molecule has 0 spiro atoms. The number of nitrogens with zero attached hydrogens (tertiary/aromatic N) is 2. The average Bonchev–Trinajstić information content (AvgIpc) is 2.60. The zero-order chi connectivity index (χ0) is 17.8. The van der Waals surface area contributed by atoms with Crippen molar-refractivity contribution < 1.29 is 4.92 Å². The molecule has 0 bridgehead atoms. The van der Waals surface area contributed by atoms with Crippen molar-refractivity contribution in [2.75, 3.05) is 4.90 Å². The first-order valence-corrected chi connectivity index (χ1v) is 9.13. The second-order valence-corrected chi connectivity index (χ2v) is 7.30. The Bertz CT molecular complexity index is 863. The fourth-order valence-corrected chi connectivity index (χ4v) is 3.82. The summed E-state index contributed by atoms with van der Waals surface area (Å²) in [5.74, 6) is 0. The summed E-state index contributed by atoms with van der Waals surface area (Å²) in [6.45, 7) is 0.654. The molecule has 0 aromatic heterocycles. The Hall–Kier alpha value is -2.18. The third kappa shape index (κ3) is 4.46. The largest absolute Gasteiger partial charge is 0.337 e. The molecule has 0 aliphatic carbocycles. The van der Waals surface area contributed by atoms with E-state index in [1.807, 2.05) is 36.4 Å². The molecule has 3 rings (SSSR count). The minimum absolute atomic E-state index is 0.0823. The normalized spacial score (nSPS) is 10.5. The molecule has 6 heteroatoms. The van der Waals surface area contributed by atoms with Gasteiger partial charge in [-0.25, -0.2) is 0 Å². The Morgan fingerprint density at radius 3 is 2.00 bits per heavy atom. The predicted molar refractivity (Wildman–Crippen MR) is 107 cm³/mol. The average molecular weight is 462 g/mol. The van der Waals surface area contributed by atoms with E-state index >= 15 is 0 Å². The van der Waals surface area contributed by atoms with E-state index < -0.39 is 0 Å². The first kappa shape index (κ1) is 17.6. The van der Waals surface area contributed by atoms with E-state index in [4.69, 9.17) is 0 Å². The van der Waals surface area contributed by atoms with Crippen LogP contribution in [0.3, 0.4) is 0 Å². The number of rotatable bonds is 5. The molecule has 0 atom stereocenters. The molecule has 0 aliphatic rings. The number of hydrogen-bond acceptors (Lipinski definition) is 3. The quantitative estimate of drug-likeness (QED) is 0.323. The molecule has 4 nitrogen and oxygen atoms in total. The number of benzene rings is 3. The molecular weight excluding hydrogens is 448 g/mol. The van der Waals surface area contributed by atoms with Crippen LogP contribution in [-0.4, -0.2) is 4.92 Å². The molecule has 0 saturated heterocycles. The number of nitro benzene ring substituents is 1. The molecule has 0 N–H and O–H groups in total. The highest BCUT2D eigenvalue weighted by molar-refractivity contribution is 9.11. The number of non-ortho nitro benzene ring substituents is 1. The van der Waals surface area contributed by atoms with Crippen LogP contribution in [0.4, 0.5) is 17.1 Å². The number of nitro groups is 1. The Morgan fingerprint density at radius 1 is 0.840 bits per heavy atom. The highest BCUT2D eigenvalue weighted by Crippen LogP contribution is 2.33. The van der Waals surface area contributed by atoms with Crippen LogP contribution in [0.1, 0.15) is 5.56 Å². The van der Waals surface area contributed by atoms with Crippen molar-refractivity contribution >= 4 is 48.9 Å². The molecule has 3 aromatic carbocycles. The lowest BCUT2D eigenvalue weighted by Gasteiger charge is -2.25. The van der Waals surface area contributed by atoms with E-state index in [0.29, 0.717) is 6.54 Å². The van der Waals surface area contributed by atoms with Gasteiger partial charge in [0, 0.05) is 39.0 Å². The molecule has 25 heavy (non-hydrogen) atoms. The number of hydrogen-bond donors (Lipinski definition) is 0. The second kappa shape index (κ2) is 7.80. The van der Waals surface area contributed by atoms with Gasteiger partial charge in [-0.1, -0.05) is 62.2 Å². The Labute approximate surface area is 162 Å². The van der Waals surface area contributed by atoms with E-state index in [1.165, 1.54) is 12.1 Å². The summed E-state index contributed by atoms with van der Waals surface area (Å²) >= 11 is 7.05. The minimum Gasteiger partial charge on any atom is -0.337 e. The van der Waals surface area contributed by atoms with Crippen LogP contribution in [-0.2, 0) is 6.54 Å². The van der Waals surface area contributed by atoms with Crippen molar-refractivity contribution in [1.82, 2.24) is 0 Å².